The first kappa shape index (κ1) is 15.9. The molecule has 0 saturated carbocycles. The Morgan fingerprint density at radius 3 is 2.52 bits per heavy atom. The van der Waals surface area contributed by atoms with Gasteiger partial charge in [-0.1, -0.05) is 23.7 Å². The molecule has 0 amide bonds. The predicted octanol–water partition coefficient (Wildman–Crippen LogP) is 4.17. The average Bonchev–Trinajstić information content (AvgIpc) is 2.96. The number of benzene rings is 2. The van der Waals surface area contributed by atoms with Crippen molar-refractivity contribution in [2.24, 2.45) is 5.73 Å². The number of aromatic nitrogens is 1. The zero-order valence-electron chi connectivity index (χ0n) is 13.5. The highest BCUT2D eigenvalue weighted by atomic mass is 35.5. The minimum atomic E-state index is 0.271. The van der Waals surface area contributed by atoms with Crippen LogP contribution in [0.2, 0.25) is 5.02 Å². The Bertz CT molecular complexity index is 790. The van der Waals surface area contributed by atoms with Gasteiger partial charge in [-0.2, -0.15) is 0 Å². The Balaban J connectivity index is 1.88. The number of nitrogens with one attached hydrogen (secondary N) is 1. The molecule has 0 fully saturated rings. The van der Waals surface area contributed by atoms with E-state index in [4.69, 9.17) is 17.3 Å². The Morgan fingerprint density at radius 2 is 1.87 bits per heavy atom. The third kappa shape index (κ3) is 3.36. The summed E-state index contributed by atoms with van der Waals surface area (Å²) in [7, 11) is 4.10. The van der Waals surface area contributed by atoms with Gasteiger partial charge < -0.3 is 15.6 Å². The van der Waals surface area contributed by atoms with Crippen LogP contribution in [0.3, 0.4) is 0 Å². The van der Waals surface area contributed by atoms with E-state index in [2.05, 4.69) is 40.3 Å². The van der Waals surface area contributed by atoms with Gasteiger partial charge in [0.2, 0.25) is 0 Å². The first-order valence-electron chi connectivity index (χ1n) is 7.81. The summed E-state index contributed by atoms with van der Waals surface area (Å²) in [6.07, 6.45) is 2.98. The van der Waals surface area contributed by atoms with Crippen LogP contribution in [0.25, 0.3) is 10.9 Å². The first-order chi connectivity index (χ1) is 11.1. The smallest absolute Gasteiger partial charge is 0.0457 e. The molecule has 1 unspecified atom stereocenters. The molecule has 0 bridgehead atoms. The zero-order chi connectivity index (χ0) is 16.4. The molecule has 0 aliphatic rings. The normalized spacial score (nSPS) is 12.5. The fraction of sp³-hybridized carbons (Fsp3) is 0.263. The molecule has 0 spiro atoms. The van der Waals surface area contributed by atoms with Crippen LogP contribution in [0.1, 0.15) is 17.0 Å². The van der Waals surface area contributed by atoms with Crippen molar-refractivity contribution in [3.05, 3.63) is 64.8 Å². The number of hydrogen-bond donors (Lipinski definition) is 2. The molecule has 0 aliphatic carbocycles. The van der Waals surface area contributed by atoms with Crippen LogP contribution in [-0.4, -0.2) is 25.6 Å². The molecule has 3 nitrogen and oxygen atoms in total. The monoisotopic (exact) mass is 327 g/mol. The summed E-state index contributed by atoms with van der Waals surface area (Å²) in [5, 5.41) is 1.92. The van der Waals surface area contributed by atoms with Crippen molar-refractivity contribution in [2.45, 2.75) is 12.3 Å². The van der Waals surface area contributed by atoms with Crippen molar-refractivity contribution in [2.75, 3.05) is 25.5 Å². The lowest BCUT2D eigenvalue weighted by molar-refractivity contribution is 0.699. The highest BCUT2D eigenvalue weighted by molar-refractivity contribution is 6.31. The molecule has 1 aromatic heterocycles. The van der Waals surface area contributed by atoms with Gasteiger partial charge in [0, 0.05) is 47.8 Å². The van der Waals surface area contributed by atoms with Crippen LogP contribution < -0.4 is 10.6 Å². The summed E-state index contributed by atoms with van der Waals surface area (Å²) in [6.45, 7) is 0.606. The standard InChI is InChI=1S/C19H22ClN3/c1-23(2)16-6-3-13(4-7-16)9-14(11-21)18-12-22-19-8-5-15(20)10-17(18)19/h3-8,10,12,14,22H,9,11,21H2,1-2H3. The van der Waals surface area contributed by atoms with Gasteiger partial charge >= 0.3 is 0 Å². The molecular formula is C19H22ClN3. The molecule has 0 radical (unpaired) electrons. The molecule has 1 atom stereocenters. The van der Waals surface area contributed by atoms with Crippen LogP contribution in [-0.2, 0) is 6.42 Å². The summed E-state index contributed by atoms with van der Waals surface area (Å²) < 4.78 is 0. The van der Waals surface area contributed by atoms with Gasteiger partial charge in [-0.15, -0.1) is 0 Å². The van der Waals surface area contributed by atoms with Crippen molar-refractivity contribution >= 4 is 28.2 Å². The van der Waals surface area contributed by atoms with E-state index in [0.29, 0.717) is 6.54 Å². The molecule has 1 heterocycles. The molecule has 0 saturated heterocycles. The molecule has 3 aromatic rings. The van der Waals surface area contributed by atoms with E-state index in [1.165, 1.54) is 16.8 Å². The van der Waals surface area contributed by atoms with E-state index in [9.17, 15) is 0 Å². The fourth-order valence-corrected chi connectivity index (χ4v) is 3.16. The summed E-state index contributed by atoms with van der Waals surface area (Å²) >= 11 is 6.15. The van der Waals surface area contributed by atoms with Crippen molar-refractivity contribution in [1.29, 1.82) is 0 Å². The number of nitrogens with two attached hydrogens (primary N) is 1. The minimum Gasteiger partial charge on any atom is -0.378 e. The summed E-state index contributed by atoms with van der Waals surface area (Å²) in [4.78, 5) is 5.42. The van der Waals surface area contributed by atoms with Crippen LogP contribution in [0.4, 0.5) is 5.69 Å². The Kier molecular flexibility index (Phi) is 4.60. The van der Waals surface area contributed by atoms with Gasteiger partial charge in [-0.3, -0.25) is 0 Å². The van der Waals surface area contributed by atoms with Crippen LogP contribution in [0, 0.1) is 0 Å². The van der Waals surface area contributed by atoms with Crippen LogP contribution >= 0.6 is 11.6 Å². The average molecular weight is 328 g/mol. The lowest BCUT2D eigenvalue weighted by Crippen LogP contribution is -2.15. The topological polar surface area (TPSA) is 45.0 Å². The van der Waals surface area contributed by atoms with Crippen LogP contribution in [0.5, 0.6) is 0 Å². The maximum atomic E-state index is 6.15. The second-order valence-corrected chi connectivity index (χ2v) is 6.57. The fourth-order valence-electron chi connectivity index (χ4n) is 2.99. The summed E-state index contributed by atoms with van der Waals surface area (Å²) in [5.41, 5.74) is 10.9. The third-order valence-electron chi connectivity index (χ3n) is 4.33. The minimum absolute atomic E-state index is 0.271. The lowest BCUT2D eigenvalue weighted by atomic mass is 9.91. The summed E-state index contributed by atoms with van der Waals surface area (Å²) in [6, 6.07) is 14.6. The van der Waals surface area contributed by atoms with Gasteiger partial charge in [0.1, 0.15) is 0 Å². The second-order valence-electron chi connectivity index (χ2n) is 6.13. The maximum Gasteiger partial charge on any atom is 0.0457 e. The van der Waals surface area contributed by atoms with Crippen molar-refractivity contribution < 1.29 is 0 Å². The SMILES string of the molecule is CN(C)c1ccc(CC(CN)c2c[nH]c3ccc(Cl)cc23)cc1. The summed E-state index contributed by atoms with van der Waals surface area (Å²) in [5.74, 6) is 0.271. The molecule has 23 heavy (non-hydrogen) atoms. The highest BCUT2D eigenvalue weighted by Gasteiger charge is 2.15. The third-order valence-corrected chi connectivity index (χ3v) is 4.57. The number of halogens is 1. The number of H-pyrrole nitrogens is 1. The molecule has 120 valence electrons. The zero-order valence-corrected chi connectivity index (χ0v) is 14.3. The predicted molar refractivity (Wildman–Crippen MR) is 99.6 cm³/mol. The highest BCUT2D eigenvalue weighted by Crippen LogP contribution is 2.30. The molecule has 4 heteroatoms. The van der Waals surface area contributed by atoms with E-state index in [0.717, 1.165) is 22.3 Å². The molecule has 3 N–H and O–H groups in total. The maximum absolute atomic E-state index is 6.15. The largest absolute Gasteiger partial charge is 0.378 e. The number of rotatable bonds is 5. The number of nitrogens with zero attached hydrogens (tertiary/aromatic N) is 1. The van der Waals surface area contributed by atoms with Gasteiger partial charge in [-0.25, -0.2) is 0 Å². The Labute approximate surface area is 142 Å². The number of anilines is 1. The van der Waals surface area contributed by atoms with Crippen LogP contribution in [0.15, 0.2) is 48.7 Å². The van der Waals surface area contributed by atoms with E-state index in [-0.39, 0.29) is 5.92 Å². The quantitative estimate of drug-likeness (QED) is 0.738. The van der Waals surface area contributed by atoms with E-state index < -0.39 is 0 Å². The first-order valence-corrected chi connectivity index (χ1v) is 8.19. The van der Waals surface area contributed by atoms with Gasteiger partial charge in [0.05, 0.1) is 0 Å². The second kappa shape index (κ2) is 6.65. The Morgan fingerprint density at radius 1 is 1.13 bits per heavy atom. The molecule has 2 aromatic carbocycles. The van der Waals surface area contributed by atoms with Crippen molar-refractivity contribution in [1.82, 2.24) is 4.98 Å². The lowest BCUT2D eigenvalue weighted by Gasteiger charge is -2.16. The number of hydrogen-bond acceptors (Lipinski definition) is 2. The number of aromatic amines is 1. The van der Waals surface area contributed by atoms with E-state index in [1.807, 2.05) is 32.3 Å². The van der Waals surface area contributed by atoms with E-state index in [1.54, 1.807) is 0 Å². The van der Waals surface area contributed by atoms with Gasteiger partial charge in [0.15, 0.2) is 0 Å². The number of fused-ring (bicyclic) bond motifs is 1. The molecule has 0 aliphatic heterocycles. The Hall–Kier alpha value is -1.97. The van der Waals surface area contributed by atoms with Crippen molar-refractivity contribution in [3.63, 3.8) is 0 Å². The van der Waals surface area contributed by atoms with Gasteiger partial charge in [0.25, 0.3) is 0 Å². The van der Waals surface area contributed by atoms with Crippen molar-refractivity contribution in [3.8, 4) is 0 Å². The molecule has 3 rings (SSSR count). The van der Waals surface area contributed by atoms with Gasteiger partial charge in [-0.05, 0) is 54.4 Å². The van der Waals surface area contributed by atoms with E-state index >= 15 is 0 Å². The molecular weight excluding hydrogens is 306 g/mol.